The Balaban J connectivity index is 0. The van der Waals surface area contributed by atoms with Crippen LogP contribution in [0, 0.1) is 0 Å². The lowest BCUT2D eigenvalue weighted by molar-refractivity contribution is -0.152. The number of nitrogens with one attached hydrogen (secondary N) is 1. The average molecular weight is 399 g/mol. The van der Waals surface area contributed by atoms with Crippen LogP contribution in [0.15, 0.2) is 4.99 Å². The van der Waals surface area contributed by atoms with Crippen molar-refractivity contribution in [1.82, 2.24) is 10.2 Å². The zero-order valence-corrected chi connectivity index (χ0v) is 16.0. The first-order chi connectivity index (χ1) is 8.80. The molecule has 0 radical (unpaired) electrons. The normalized spacial score (nSPS) is 11.6. The summed E-state index contributed by atoms with van der Waals surface area (Å²) < 4.78 is 5.23. The summed E-state index contributed by atoms with van der Waals surface area (Å²) in [4.78, 5) is 18.0. The fourth-order valence-corrected chi connectivity index (χ4v) is 1.48. The van der Waals surface area contributed by atoms with Gasteiger partial charge in [-0.05, 0) is 34.1 Å². The minimum absolute atomic E-state index is 0. The second-order valence-corrected chi connectivity index (χ2v) is 5.53. The quantitative estimate of drug-likeness (QED) is 0.323. The fraction of sp³-hybridized carbons (Fsp3) is 0.857. The Bertz CT molecular complexity index is 301. The van der Waals surface area contributed by atoms with E-state index in [1.54, 1.807) is 0 Å². The van der Waals surface area contributed by atoms with Gasteiger partial charge in [-0.25, -0.2) is 4.99 Å². The van der Waals surface area contributed by atoms with Crippen LogP contribution < -0.4 is 5.32 Å². The molecule has 0 aromatic heterocycles. The van der Waals surface area contributed by atoms with Crippen molar-refractivity contribution in [3.05, 3.63) is 0 Å². The Kier molecular flexibility index (Phi) is 12.1. The highest BCUT2D eigenvalue weighted by molar-refractivity contribution is 14.0. The number of hydrogen-bond acceptors (Lipinski definition) is 3. The maximum atomic E-state index is 11.6. The lowest BCUT2D eigenvalue weighted by atomic mass is 10.2. The van der Waals surface area contributed by atoms with Crippen molar-refractivity contribution in [2.24, 2.45) is 4.99 Å². The zero-order chi connectivity index (χ0) is 14.9. The number of hydrogen-bond donors (Lipinski definition) is 1. The third-order valence-electron chi connectivity index (χ3n) is 2.32. The molecule has 0 fully saturated rings. The molecule has 0 heterocycles. The summed E-state index contributed by atoms with van der Waals surface area (Å²) in [5, 5.41) is 3.18. The lowest BCUT2D eigenvalue weighted by Crippen LogP contribution is -2.40. The number of rotatable bonds is 6. The van der Waals surface area contributed by atoms with Gasteiger partial charge >= 0.3 is 5.97 Å². The predicted octanol–water partition coefficient (Wildman–Crippen LogP) is 2.64. The maximum Gasteiger partial charge on any atom is 0.328 e. The summed E-state index contributed by atoms with van der Waals surface area (Å²) in [6, 6.07) is 0. The van der Waals surface area contributed by atoms with Crippen LogP contribution in [-0.2, 0) is 9.53 Å². The highest BCUT2D eigenvalue weighted by atomic mass is 127. The van der Waals surface area contributed by atoms with E-state index in [4.69, 9.17) is 4.74 Å². The Hall–Kier alpha value is -0.530. The van der Waals surface area contributed by atoms with Gasteiger partial charge in [-0.3, -0.25) is 4.79 Å². The van der Waals surface area contributed by atoms with E-state index in [9.17, 15) is 4.79 Å². The minimum atomic E-state index is -0.459. The van der Waals surface area contributed by atoms with Crippen LogP contribution in [0.5, 0.6) is 0 Å². The third-order valence-corrected chi connectivity index (χ3v) is 2.32. The average Bonchev–Trinajstić information content (AvgIpc) is 2.29. The first kappa shape index (κ1) is 21.8. The number of guanidine groups is 1. The number of halogens is 1. The van der Waals surface area contributed by atoms with Crippen LogP contribution in [0.3, 0.4) is 0 Å². The van der Waals surface area contributed by atoms with Crippen molar-refractivity contribution in [3.8, 4) is 0 Å². The number of unbranched alkanes of at least 4 members (excludes halogenated alkanes) is 1. The van der Waals surface area contributed by atoms with Crippen LogP contribution in [-0.4, -0.2) is 49.1 Å². The Morgan fingerprint density at radius 1 is 1.30 bits per heavy atom. The third kappa shape index (κ3) is 11.3. The van der Waals surface area contributed by atoms with Crippen molar-refractivity contribution < 1.29 is 9.53 Å². The van der Waals surface area contributed by atoms with E-state index >= 15 is 0 Å². The van der Waals surface area contributed by atoms with Crippen LogP contribution in [0.25, 0.3) is 0 Å². The molecule has 0 aliphatic rings. The second kappa shape index (κ2) is 11.2. The Morgan fingerprint density at radius 3 is 2.35 bits per heavy atom. The van der Waals surface area contributed by atoms with E-state index in [0.29, 0.717) is 0 Å². The van der Waals surface area contributed by atoms with Gasteiger partial charge in [-0.2, -0.15) is 0 Å². The van der Waals surface area contributed by atoms with E-state index in [1.165, 1.54) is 0 Å². The minimum Gasteiger partial charge on any atom is -0.459 e. The summed E-state index contributed by atoms with van der Waals surface area (Å²) in [6.45, 7) is 11.5. The van der Waals surface area contributed by atoms with E-state index in [2.05, 4.69) is 17.2 Å². The van der Waals surface area contributed by atoms with Crippen molar-refractivity contribution in [2.75, 3.05) is 26.7 Å². The van der Waals surface area contributed by atoms with Crippen LogP contribution in [0.2, 0.25) is 0 Å². The second-order valence-electron chi connectivity index (χ2n) is 5.53. The summed E-state index contributed by atoms with van der Waals surface area (Å²) in [5.41, 5.74) is -0.459. The van der Waals surface area contributed by atoms with Gasteiger partial charge in [0, 0.05) is 20.1 Å². The molecule has 0 unspecified atom stereocenters. The molecule has 120 valence electrons. The number of ether oxygens (including phenoxy) is 1. The number of esters is 1. The van der Waals surface area contributed by atoms with Gasteiger partial charge in [0.1, 0.15) is 12.1 Å². The molecule has 0 saturated heterocycles. The molecule has 20 heavy (non-hydrogen) atoms. The predicted molar refractivity (Wildman–Crippen MR) is 94.8 cm³/mol. The standard InChI is InChI=1S/C14H29N3O2.HI/c1-7-9-10-17(6)13(15-8-2)16-11-12(18)19-14(3,4)5;/h7-11H2,1-6H3,(H,15,16);1H. The summed E-state index contributed by atoms with van der Waals surface area (Å²) in [7, 11) is 1.98. The SMILES string of the molecule is CCCCN(C)C(=NCC(=O)OC(C)(C)C)NCC.I. The van der Waals surface area contributed by atoms with Crippen molar-refractivity contribution in [3.63, 3.8) is 0 Å². The first-order valence-corrected chi connectivity index (χ1v) is 7.01. The molecule has 0 aromatic rings. The summed E-state index contributed by atoms with van der Waals surface area (Å²) in [5.74, 6) is 0.452. The molecule has 0 aliphatic heterocycles. The van der Waals surface area contributed by atoms with Gasteiger partial charge in [0.2, 0.25) is 0 Å². The molecule has 0 aromatic carbocycles. The Labute approximate surface area is 140 Å². The fourth-order valence-electron chi connectivity index (χ4n) is 1.48. The summed E-state index contributed by atoms with van der Waals surface area (Å²) >= 11 is 0. The van der Waals surface area contributed by atoms with Gasteiger partial charge < -0.3 is 15.0 Å². The molecular weight excluding hydrogens is 369 g/mol. The number of carbonyl (C=O) groups is 1. The lowest BCUT2D eigenvalue weighted by Gasteiger charge is -2.22. The monoisotopic (exact) mass is 399 g/mol. The van der Waals surface area contributed by atoms with E-state index < -0.39 is 5.60 Å². The molecule has 0 bridgehead atoms. The molecular formula is C14H30IN3O2. The maximum absolute atomic E-state index is 11.6. The highest BCUT2D eigenvalue weighted by Gasteiger charge is 2.16. The van der Waals surface area contributed by atoms with Gasteiger partial charge in [0.15, 0.2) is 5.96 Å². The zero-order valence-electron chi connectivity index (χ0n) is 13.7. The van der Waals surface area contributed by atoms with E-state index in [1.807, 2.05) is 39.6 Å². The Morgan fingerprint density at radius 2 is 1.90 bits per heavy atom. The first-order valence-electron chi connectivity index (χ1n) is 7.01. The molecule has 1 N–H and O–H groups in total. The van der Waals surface area contributed by atoms with E-state index in [-0.39, 0.29) is 36.5 Å². The van der Waals surface area contributed by atoms with Crippen molar-refractivity contribution in [2.45, 2.75) is 53.1 Å². The smallest absolute Gasteiger partial charge is 0.328 e. The van der Waals surface area contributed by atoms with Crippen LogP contribution in [0.1, 0.15) is 47.5 Å². The topological polar surface area (TPSA) is 53.9 Å². The van der Waals surface area contributed by atoms with Gasteiger partial charge in [-0.15, -0.1) is 24.0 Å². The molecule has 0 aliphatic carbocycles. The summed E-state index contributed by atoms with van der Waals surface area (Å²) in [6.07, 6.45) is 2.24. The number of aliphatic imine (C=N–C) groups is 1. The molecule has 0 amide bonds. The van der Waals surface area contributed by atoms with Gasteiger partial charge in [-0.1, -0.05) is 13.3 Å². The molecule has 0 spiro atoms. The van der Waals surface area contributed by atoms with Crippen LogP contribution >= 0.6 is 24.0 Å². The van der Waals surface area contributed by atoms with Crippen LogP contribution in [0.4, 0.5) is 0 Å². The molecule has 6 heteroatoms. The molecule has 0 rings (SSSR count). The van der Waals surface area contributed by atoms with E-state index in [0.717, 1.165) is 31.9 Å². The van der Waals surface area contributed by atoms with Crippen molar-refractivity contribution >= 4 is 35.9 Å². The molecule has 5 nitrogen and oxygen atoms in total. The van der Waals surface area contributed by atoms with Gasteiger partial charge in [0.05, 0.1) is 0 Å². The largest absolute Gasteiger partial charge is 0.459 e. The van der Waals surface area contributed by atoms with Gasteiger partial charge in [0.25, 0.3) is 0 Å². The number of carbonyl (C=O) groups excluding carboxylic acids is 1. The van der Waals surface area contributed by atoms with Crippen molar-refractivity contribution in [1.29, 1.82) is 0 Å². The molecule has 0 saturated carbocycles. The molecule has 0 atom stereocenters. The highest BCUT2D eigenvalue weighted by Crippen LogP contribution is 2.06. The number of nitrogens with zero attached hydrogens (tertiary/aromatic N) is 2.